The van der Waals surface area contributed by atoms with Crippen LogP contribution in [0.5, 0.6) is 0 Å². The second-order valence-corrected chi connectivity index (χ2v) is 3.06. The highest BCUT2D eigenvalue weighted by Gasteiger charge is 2.06. The number of furan rings is 1. The van der Waals surface area contributed by atoms with Crippen molar-refractivity contribution in [2.75, 3.05) is 13.2 Å². The predicted molar refractivity (Wildman–Crippen MR) is 51.4 cm³/mol. The molecule has 0 saturated carbocycles. The number of rotatable bonds is 6. The molecule has 0 aliphatic heterocycles. The highest BCUT2D eigenvalue weighted by atomic mass is 16.5. The Morgan fingerprint density at radius 2 is 2.38 bits per heavy atom. The lowest BCUT2D eigenvalue weighted by Gasteiger charge is -2.08. The van der Waals surface area contributed by atoms with E-state index in [9.17, 15) is 0 Å². The third-order valence-electron chi connectivity index (χ3n) is 1.89. The molecule has 0 aromatic carbocycles. The summed E-state index contributed by atoms with van der Waals surface area (Å²) >= 11 is 0. The summed E-state index contributed by atoms with van der Waals surface area (Å²) in [5.74, 6) is 0. The first-order chi connectivity index (χ1) is 6.34. The highest BCUT2D eigenvalue weighted by Crippen LogP contribution is 2.13. The Hall–Kier alpha value is -0.800. The molecule has 0 radical (unpaired) electrons. The summed E-state index contributed by atoms with van der Waals surface area (Å²) in [6, 6.07) is 1.93. The zero-order valence-corrected chi connectivity index (χ0v) is 8.03. The predicted octanol–water partition coefficient (Wildman–Crippen LogP) is 2.10. The Kier molecular flexibility index (Phi) is 4.57. The van der Waals surface area contributed by atoms with E-state index in [0.29, 0.717) is 0 Å². The van der Waals surface area contributed by atoms with Gasteiger partial charge in [0.25, 0.3) is 0 Å². The molecular weight excluding hydrogens is 166 g/mol. The average Bonchev–Trinajstić information content (AvgIpc) is 2.65. The fourth-order valence-corrected chi connectivity index (χ4v) is 1.11. The van der Waals surface area contributed by atoms with Crippen LogP contribution in [0, 0.1) is 0 Å². The van der Waals surface area contributed by atoms with Gasteiger partial charge < -0.3 is 14.9 Å². The maximum Gasteiger partial charge on any atom is 0.0950 e. The van der Waals surface area contributed by atoms with Crippen molar-refractivity contribution < 1.29 is 9.15 Å². The Labute approximate surface area is 78.9 Å². The van der Waals surface area contributed by atoms with Crippen LogP contribution in [0.2, 0.25) is 0 Å². The molecule has 0 saturated heterocycles. The minimum absolute atomic E-state index is 0.0376. The van der Waals surface area contributed by atoms with Crippen LogP contribution < -0.4 is 5.73 Å². The lowest BCUT2D eigenvalue weighted by atomic mass is 10.1. The molecule has 3 nitrogen and oxygen atoms in total. The minimum Gasteiger partial charge on any atom is -0.472 e. The van der Waals surface area contributed by atoms with Gasteiger partial charge in [0.2, 0.25) is 0 Å². The van der Waals surface area contributed by atoms with Crippen molar-refractivity contribution in [3.8, 4) is 0 Å². The molecule has 13 heavy (non-hydrogen) atoms. The molecule has 0 amide bonds. The molecule has 3 heteroatoms. The minimum atomic E-state index is 0.0376. The third kappa shape index (κ3) is 3.61. The van der Waals surface area contributed by atoms with Gasteiger partial charge >= 0.3 is 0 Å². The first-order valence-electron chi connectivity index (χ1n) is 4.70. The first-order valence-corrected chi connectivity index (χ1v) is 4.70. The molecule has 0 spiro atoms. The van der Waals surface area contributed by atoms with Gasteiger partial charge in [0.05, 0.1) is 12.5 Å². The Bertz CT molecular complexity index is 209. The number of nitrogens with two attached hydrogens (primary N) is 1. The number of hydrogen-bond donors (Lipinski definition) is 1. The summed E-state index contributed by atoms with van der Waals surface area (Å²) in [6.45, 7) is 3.63. The van der Waals surface area contributed by atoms with Crippen molar-refractivity contribution in [3.63, 3.8) is 0 Å². The summed E-state index contributed by atoms with van der Waals surface area (Å²) < 4.78 is 10.3. The molecule has 1 atom stereocenters. The van der Waals surface area contributed by atoms with Crippen molar-refractivity contribution in [3.05, 3.63) is 24.2 Å². The second kappa shape index (κ2) is 5.78. The summed E-state index contributed by atoms with van der Waals surface area (Å²) in [5, 5.41) is 0. The van der Waals surface area contributed by atoms with Crippen LogP contribution in [0.15, 0.2) is 23.0 Å². The highest BCUT2D eigenvalue weighted by molar-refractivity contribution is 5.10. The lowest BCUT2D eigenvalue weighted by Crippen LogP contribution is -2.12. The van der Waals surface area contributed by atoms with Crippen molar-refractivity contribution >= 4 is 0 Å². The monoisotopic (exact) mass is 183 g/mol. The summed E-state index contributed by atoms with van der Waals surface area (Å²) in [7, 11) is 0. The number of hydrogen-bond acceptors (Lipinski definition) is 3. The second-order valence-electron chi connectivity index (χ2n) is 3.06. The molecule has 1 aromatic heterocycles. The van der Waals surface area contributed by atoms with E-state index in [4.69, 9.17) is 14.9 Å². The van der Waals surface area contributed by atoms with Gasteiger partial charge in [0.1, 0.15) is 0 Å². The van der Waals surface area contributed by atoms with E-state index in [1.54, 1.807) is 12.5 Å². The van der Waals surface area contributed by atoms with Gasteiger partial charge in [-0.05, 0) is 18.9 Å². The van der Waals surface area contributed by atoms with Crippen LogP contribution in [0.25, 0.3) is 0 Å². The van der Waals surface area contributed by atoms with Gasteiger partial charge in [0.15, 0.2) is 0 Å². The standard InChI is InChI=1S/C10H17NO2/c1-2-5-12-7-4-10(11)9-3-6-13-8-9/h3,6,8,10H,2,4-5,7,11H2,1H3. The zero-order valence-electron chi connectivity index (χ0n) is 8.03. The third-order valence-corrected chi connectivity index (χ3v) is 1.89. The molecule has 0 fully saturated rings. The maximum absolute atomic E-state index is 5.88. The molecule has 1 aromatic rings. The largest absolute Gasteiger partial charge is 0.472 e. The molecule has 0 bridgehead atoms. The topological polar surface area (TPSA) is 48.4 Å². The Morgan fingerprint density at radius 3 is 3.00 bits per heavy atom. The molecule has 1 heterocycles. The number of ether oxygens (including phenoxy) is 1. The summed E-state index contributed by atoms with van der Waals surface area (Å²) in [5.41, 5.74) is 6.92. The van der Waals surface area contributed by atoms with Crippen LogP contribution >= 0.6 is 0 Å². The molecule has 0 aliphatic carbocycles. The quantitative estimate of drug-likeness (QED) is 0.687. The van der Waals surface area contributed by atoms with E-state index in [1.807, 2.05) is 6.07 Å². The van der Waals surface area contributed by atoms with Crippen LogP contribution in [-0.2, 0) is 4.74 Å². The SMILES string of the molecule is CCCOCCC(N)c1ccoc1. The molecule has 1 rings (SSSR count). The smallest absolute Gasteiger partial charge is 0.0950 e. The average molecular weight is 183 g/mol. The van der Waals surface area contributed by atoms with Gasteiger partial charge in [-0.1, -0.05) is 6.92 Å². The maximum atomic E-state index is 5.88. The summed E-state index contributed by atoms with van der Waals surface area (Å²) in [6.07, 6.45) is 5.23. The van der Waals surface area contributed by atoms with Crippen LogP contribution in [0.4, 0.5) is 0 Å². The van der Waals surface area contributed by atoms with Gasteiger partial charge in [0, 0.05) is 24.8 Å². The van der Waals surface area contributed by atoms with E-state index < -0.39 is 0 Å². The Morgan fingerprint density at radius 1 is 1.54 bits per heavy atom. The van der Waals surface area contributed by atoms with Crippen LogP contribution in [0.3, 0.4) is 0 Å². The zero-order chi connectivity index (χ0) is 9.52. The fourth-order valence-electron chi connectivity index (χ4n) is 1.11. The normalized spacial score (nSPS) is 13.1. The van der Waals surface area contributed by atoms with Gasteiger partial charge in [-0.25, -0.2) is 0 Å². The van der Waals surface area contributed by atoms with E-state index in [0.717, 1.165) is 31.6 Å². The van der Waals surface area contributed by atoms with Crippen LogP contribution in [0.1, 0.15) is 31.4 Å². The van der Waals surface area contributed by atoms with E-state index in [1.165, 1.54) is 0 Å². The summed E-state index contributed by atoms with van der Waals surface area (Å²) in [4.78, 5) is 0. The van der Waals surface area contributed by atoms with E-state index in [-0.39, 0.29) is 6.04 Å². The van der Waals surface area contributed by atoms with E-state index in [2.05, 4.69) is 6.92 Å². The molecular formula is C10H17NO2. The van der Waals surface area contributed by atoms with Gasteiger partial charge in [-0.3, -0.25) is 0 Å². The lowest BCUT2D eigenvalue weighted by molar-refractivity contribution is 0.127. The van der Waals surface area contributed by atoms with Crippen LogP contribution in [-0.4, -0.2) is 13.2 Å². The molecule has 2 N–H and O–H groups in total. The fraction of sp³-hybridized carbons (Fsp3) is 0.600. The van der Waals surface area contributed by atoms with Gasteiger partial charge in [-0.15, -0.1) is 0 Å². The van der Waals surface area contributed by atoms with Crippen molar-refractivity contribution in [2.45, 2.75) is 25.8 Å². The molecule has 74 valence electrons. The van der Waals surface area contributed by atoms with Crippen molar-refractivity contribution in [1.29, 1.82) is 0 Å². The first kappa shape index (κ1) is 10.3. The molecule has 0 aliphatic rings. The van der Waals surface area contributed by atoms with Gasteiger partial charge in [-0.2, -0.15) is 0 Å². The van der Waals surface area contributed by atoms with E-state index >= 15 is 0 Å². The van der Waals surface area contributed by atoms with Crippen molar-refractivity contribution in [1.82, 2.24) is 0 Å². The van der Waals surface area contributed by atoms with Crippen molar-refractivity contribution in [2.24, 2.45) is 5.73 Å². The Balaban J connectivity index is 2.15. The molecule has 1 unspecified atom stereocenters.